The quantitative estimate of drug-likeness (QED) is 0.693. The van der Waals surface area contributed by atoms with Crippen LogP contribution in [0.25, 0.3) is 22.7 Å². The molecule has 0 fully saturated rings. The van der Waals surface area contributed by atoms with E-state index in [2.05, 4.69) is 34.8 Å². The van der Waals surface area contributed by atoms with E-state index < -0.39 is 0 Å². The van der Waals surface area contributed by atoms with Crippen LogP contribution in [0.15, 0.2) is 42.5 Å². The fourth-order valence-corrected chi connectivity index (χ4v) is 2.80. The second kappa shape index (κ2) is 7.18. The fourth-order valence-electron chi connectivity index (χ4n) is 2.80. The van der Waals surface area contributed by atoms with E-state index >= 15 is 0 Å². The van der Waals surface area contributed by atoms with Gasteiger partial charge in [0.25, 0.3) is 0 Å². The second-order valence-corrected chi connectivity index (χ2v) is 5.68. The molecule has 2 aromatic carbocycles. The van der Waals surface area contributed by atoms with Gasteiger partial charge in [-0.15, -0.1) is 0 Å². The maximum Gasteiger partial charge on any atom is 0.149 e. The standard InChI is InChI=1S/C20H19FN4/c1-3-25(4-2)17-8-5-14(6-9-17)11-15(13-22)20-23-18-10-7-16(21)12-19(18)24-20/h5-12H,3-4H2,1-2H3,(H,23,24)/b15-11+. The number of nitriles is 1. The number of hydrogen-bond acceptors (Lipinski definition) is 3. The molecule has 0 aliphatic carbocycles. The number of aromatic nitrogens is 2. The highest BCUT2D eigenvalue weighted by Crippen LogP contribution is 2.21. The van der Waals surface area contributed by atoms with Crippen molar-refractivity contribution in [1.29, 1.82) is 5.26 Å². The summed E-state index contributed by atoms with van der Waals surface area (Å²) >= 11 is 0. The lowest BCUT2D eigenvalue weighted by Crippen LogP contribution is -2.21. The molecule has 4 nitrogen and oxygen atoms in total. The minimum absolute atomic E-state index is 0.336. The van der Waals surface area contributed by atoms with Crippen molar-refractivity contribution in [3.8, 4) is 6.07 Å². The number of imidazole rings is 1. The van der Waals surface area contributed by atoms with Crippen molar-refractivity contribution in [1.82, 2.24) is 9.97 Å². The number of aromatic amines is 1. The van der Waals surface area contributed by atoms with E-state index in [1.807, 2.05) is 24.3 Å². The van der Waals surface area contributed by atoms with E-state index in [1.54, 1.807) is 12.1 Å². The van der Waals surface area contributed by atoms with E-state index in [1.165, 1.54) is 12.1 Å². The molecule has 5 heteroatoms. The summed E-state index contributed by atoms with van der Waals surface area (Å²) in [7, 11) is 0. The van der Waals surface area contributed by atoms with Gasteiger partial charge >= 0.3 is 0 Å². The van der Waals surface area contributed by atoms with Gasteiger partial charge in [0.15, 0.2) is 0 Å². The lowest BCUT2D eigenvalue weighted by molar-refractivity contribution is 0.629. The first-order valence-electron chi connectivity index (χ1n) is 8.27. The van der Waals surface area contributed by atoms with Crippen molar-refractivity contribution < 1.29 is 4.39 Å². The molecule has 3 aromatic rings. The fraction of sp³-hybridized carbons (Fsp3) is 0.200. The minimum Gasteiger partial charge on any atom is -0.372 e. The molecule has 0 aliphatic heterocycles. The number of halogens is 1. The van der Waals surface area contributed by atoms with Crippen LogP contribution in [-0.2, 0) is 0 Å². The number of hydrogen-bond donors (Lipinski definition) is 1. The average Bonchev–Trinajstić information content (AvgIpc) is 3.04. The molecule has 126 valence electrons. The number of fused-ring (bicyclic) bond motifs is 1. The predicted octanol–water partition coefficient (Wildman–Crippen LogP) is 4.61. The Bertz CT molecular complexity index is 944. The maximum absolute atomic E-state index is 13.3. The number of nitrogens with one attached hydrogen (secondary N) is 1. The summed E-state index contributed by atoms with van der Waals surface area (Å²) in [5.41, 5.74) is 3.69. The van der Waals surface area contributed by atoms with Crippen LogP contribution in [0.1, 0.15) is 25.2 Å². The monoisotopic (exact) mass is 334 g/mol. The van der Waals surface area contributed by atoms with Crippen molar-refractivity contribution in [2.24, 2.45) is 0 Å². The Morgan fingerprint density at radius 1 is 1.20 bits per heavy atom. The van der Waals surface area contributed by atoms with Crippen molar-refractivity contribution >= 4 is 28.4 Å². The Balaban J connectivity index is 1.92. The van der Waals surface area contributed by atoms with E-state index in [9.17, 15) is 9.65 Å². The van der Waals surface area contributed by atoms with E-state index in [0.717, 1.165) is 24.3 Å². The molecule has 1 heterocycles. The van der Waals surface area contributed by atoms with Gasteiger partial charge in [0.2, 0.25) is 0 Å². The summed E-state index contributed by atoms with van der Waals surface area (Å²) < 4.78 is 13.3. The average molecular weight is 334 g/mol. The van der Waals surface area contributed by atoms with Crippen LogP contribution < -0.4 is 4.90 Å². The van der Waals surface area contributed by atoms with Crippen LogP contribution in [0.2, 0.25) is 0 Å². The predicted molar refractivity (Wildman–Crippen MR) is 99.5 cm³/mol. The number of H-pyrrole nitrogens is 1. The number of anilines is 1. The first-order valence-corrected chi connectivity index (χ1v) is 8.27. The second-order valence-electron chi connectivity index (χ2n) is 5.68. The topological polar surface area (TPSA) is 55.7 Å². The lowest BCUT2D eigenvalue weighted by Gasteiger charge is -2.20. The molecule has 0 atom stereocenters. The highest BCUT2D eigenvalue weighted by molar-refractivity contribution is 5.90. The molecular weight excluding hydrogens is 315 g/mol. The normalized spacial score (nSPS) is 11.5. The Morgan fingerprint density at radius 2 is 1.92 bits per heavy atom. The highest BCUT2D eigenvalue weighted by atomic mass is 19.1. The van der Waals surface area contributed by atoms with Crippen molar-refractivity contribution in [3.05, 3.63) is 59.7 Å². The zero-order valence-electron chi connectivity index (χ0n) is 14.3. The third kappa shape index (κ3) is 3.53. The molecule has 0 bridgehead atoms. The Kier molecular flexibility index (Phi) is 4.80. The maximum atomic E-state index is 13.3. The molecule has 0 saturated heterocycles. The number of allylic oxidation sites excluding steroid dienone is 1. The summed E-state index contributed by atoms with van der Waals surface area (Å²) in [4.78, 5) is 9.63. The van der Waals surface area contributed by atoms with Gasteiger partial charge in [0.1, 0.15) is 17.7 Å². The number of nitrogens with zero attached hydrogens (tertiary/aromatic N) is 3. The summed E-state index contributed by atoms with van der Waals surface area (Å²) in [5.74, 6) is 0.105. The third-order valence-electron chi connectivity index (χ3n) is 4.15. The molecule has 0 spiro atoms. The molecular formula is C20H19FN4. The van der Waals surface area contributed by atoms with E-state index in [0.29, 0.717) is 22.4 Å². The van der Waals surface area contributed by atoms with Gasteiger partial charge in [-0.25, -0.2) is 9.37 Å². The first-order chi connectivity index (χ1) is 12.1. The van der Waals surface area contributed by atoms with Gasteiger partial charge in [-0.05, 0) is 55.8 Å². The van der Waals surface area contributed by atoms with Crippen LogP contribution in [-0.4, -0.2) is 23.1 Å². The molecule has 3 rings (SSSR count). The molecule has 25 heavy (non-hydrogen) atoms. The van der Waals surface area contributed by atoms with Crippen LogP contribution >= 0.6 is 0 Å². The van der Waals surface area contributed by atoms with Gasteiger partial charge < -0.3 is 9.88 Å². The molecule has 1 aromatic heterocycles. The minimum atomic E-state index is -0.336. The molecule has 0 unspecified atom stereocenters. The van der Waals surface area contributed by atoms with E-state index in [-0.39, 0.29) is 5.82 Å². The summed E-state index contributed by atoms with van der Waals surface area (Å²) in [6, 6.07) is 14.5. The Hall–Kier alpha value is -3.13. The van der Waals surface area contributed by atoms with Crippen molar-refractivity contribution in [2.45, 2.75) is 13.8 Å². The summed E-state index contributed by atoms with van der Waals surface area (Å²) in [6.07, 6.45) is 1.78. The van der Waals surface area contributed by atoms with Gasteiger partial charge in [-0.2, -0.15) is 5.26 Å². The molecule has 0 aliphatic rings. The summed E-state index contributed by atoms with van der Waals surface area (Å²) in [5, 5.41) is 9.48. The van der Waals surface area contributed by atoms with Crippen molar-refractivity contribution in [3.63, 3.8) is 0 Å². The smallest absolute Gasteiger partial charge is 0.149 e. The first kappa shape index (κ1) is 16.7. The van der Waals surface area contributed by atoms with Gasteiger partial charge in [-0.1, -0.05) is 12.1 Å². The van der Waals surface area contributed by atoms with Gasteiger partial charge in [0.05, 0.1) is 16.6 Å². The number of rotatable bonds is 5. The summed E-state index contributed by atoms with van der Waals surface area (Å²) in [6.45, 7) is 6.14. The van der Waals surface area contributed by atoms with Gasteiger partial charge in [-0.3, -0.25) is 0 Å². The van der Waals surface area contributed by atoms with Crippen molar-refractivity contribution in [2.75, 3.05) is 18.0 Å². The zero-order chi connectivity index (χ0) is 17.8. The zero-order valence-corrected chi connectivity index (χ0v) is 14.3. The Morgan fingerprint density at radius 3 is 2.56 bits per heavy atom. The van der Waals surface area contributed by atoms with Crippen LogP contribution in [0.5, 0.6) is 0 Å². The highest BCUT2D eigenvalue weighted by Gasteiger charge is 2.09. The van der Waals surface area contributed by atoms with Crippen LogP contribution in [0, 0.1) is 17.1 Å². The molecule has 0 saturated carbocycles. The van der Waals surface area contributed by atoms with E-state index in [4.69, 9.17) is 0 Å². The Labute approximate surface area is 146 Å². The number of benzene rings is 2. The van der Waals surface area contributed by atoms with Crippen LogP contribution in [0.4, 0.5) is 10.1 Å². The third-order valence-corrected chi connectivity index (χ3v) is 4.15. The SMILES string of the molecule is CCN(CC)c1ccc(/C=C(\C#N)c2nc3ccc(F)cc3[nH]2)cc1. The molecule has 1 N–H and O–H groups in total. The van der Waals surface area contributed by atoms with Gasteiger partial charge in [0, 0.05) is 18.8 Å². The molecule has 0 radical (unpaired) electrons. The van der Waals surface area contributed by atoms with Crippen LogP contribution in [0.3, 0.4) is 0 Å². The molecule has 0 amide bonds. The lowest BCUT2D eigenvalue weighted by atomic mass is 10.1. The largest absolute Gasteiger partial charge is 0.372 e.